The Morgan fingerprint density at radius 3 is 2.48 bits per heavy atom. The SMILES string of the molecule is CC(C)c1c(C(=O)Nc2cc(CC(=O)O)c(N3CCOCC3)cc2C(F)(F)F)cnn1CCOc1ccc(F)cc1F. The zero-order valence-corrected chi connectivity index (χ0v) is 22.8. The van der Waals surface area contributed by atoms with Gasteiger partial charge in [-0.15, -0.1) is 0 Å². The molecule has 42 heavy (non-hydrogen) atoms. The van der Waals surface area contributed by atoms with E-state index in [1.165, 1.54) is 10.9 Å². The van der Waals surface area contributed by atoms with Crippen molar-refractivity contribution >= 4 is 23.3 Å². The van der Waals surface area contributed by atoms with E-state index in [0.717, 1.165) is 24.3 Å². The Bertz CT molecular complexity index is 1450. The number of hydrogen-bond acceptors (Lipinski definition) is 6. The summed E-state index contributed by atoms with van der Waals surface area (Å²) in [5.74, 6) is -4.24. The molecule has 1 aliphatic rings. The van der Waals surface area contributed by atoms with Crippen LogP contribution in [0.3, 0.4) is 0 Å². The molecule has 0 radical (unpaired) electrons. The molecule has 1 fully saturated rings. The monoisotopic (exact) mass is 596 g/mol. The van der Waals surface area contributed by atoms with Crippen LogP contribution in [0.25, 0.3) is 0 Å². The fraction of sp³-hybridized carbons (Fsp3) is 0.393. The van der Waals surface area contributed by atoms with E-state index in [1.54, 1.807) is 18.7 Å². The molecule has 2 aromatic carbocycles. The van der Waals surface area contributed by atoms with Crippen molar-refractivity contribution in [2.45, 2.75) is 38.9 Å². The number of carboxylic acids is 1. The van der Waals surface area contributed by atoms with Crippen molar-refractivity contribution < 1.29 is 46.1 Å². The predicted molar refractivity (Wildman–Crippen MR) is 142 cm³/mol. The first kappa shape index (κ1) is 30.8. The van der Waals surface area contributed by atoms with Gasteiger partial charge in [-0.3, -0.25) is 14.3 Å². The molecule has 3 aromatic rings. The van der Waals surface area contributed by atoms with Crippen LogP contribution in [-0.2, 0) is 28.7 Å². The van der Waals surface area contributed by atoms with Gasteiger partial charge in [0, 0.05) is 24.8 Å². The number of aromatic nitrogens is 2. The maximum atomic E-state index is 14.2. The van der Waals surface area contributed by atoms with Crippen molar-refractivity contribution in [3.63, 3.8) is 0 Å². The van der Waals surface area contributed by atoms with E-state index in [9.17, 15) is 36.6 Å². The van der Waals surface area contributed by atoms with Crippen LogP contribution in [0.1, 0.15) is 46.9 Å². The highest BCUT2D eigenvalue weighted by molar-refractivity contribution is 6.05. The lowest BCUT2D eigenvalue weighted by molar-refractivity contribution is -0.137. The lowest BCUT2D eigenvalue weighted by Gasteiger charge is -2.31. The van der Waals surface area contributed by atoms with Crippen LogP contribution in [0.4, 0.5) is 33.3 Å². The number of halogens is 5. The lowest BCUT2D eigenvalue weighted by Crippen LogP contribution is -2.37. The lowest BCUT2D eigenvalue weighted by atomic mass is 10.0. The number of carbonyl (C=O) groups is 2. The average Bonchev–Trinajstić information content (AvgIpc) is 3.34. The highest BCUT2D eigenvalue weighted by atomic mass is 19.4. The van der Waals surface area contributed by atoms with Crippen LogP contribution >= 0.6 is 0 Å². The fourth-order valence-corrected chi connectivity index (χ4v) is 4.76. The first-order chi connectivity index (χ1) is 19.8. The number of ether oxygens (including phenoxy) is 2. The summed E-state index contributed by atoms with van der Waals surface area (Å²) in [6, 6.07) is 4.76. The molecule has 1 amide bonds. The second-order valence-electron chi connectivity index (χ2n) is 9.89. The molecule has 1 saturated heterocycles. The minimum atomic E-state index is -4.86. The number of aliphatic carboxylic acids is 1. The number of hydrogen-bond donors (Lipinski definition) is 2. The molecule has 1 aromatic heterocycles. The Hall–Kier alpha value is -4.20. The van der Waals surface area contributed by atoms with Gasteiger partial charge in [-0.05, 0) is 35.7 Å². The third-order valence-corrected chi connectivity index (χ3v) is 6.59. The topological polar surface area (TPSA) is 106 Å². The molecule has 0 saturated carbocycles. The van der Waals surface area contributed by atoms with Crippen molar-refractivity contribution in [3.05, 3.63) is 70.5 Å². The summed E-state index contributed by atoms with van der Waals surface area (Å²) in [6.07, 6.45) is -4.21. The van der Waals surface area contributed by atoms with Crippen LogP contribution in [0.15, 0.2) is 36.5 Å². The average molecular weight is 597 g/mol. The number of alkyl halides is 3. The molecular formula is C28H29F5N4O5. The minimum Gasteiger partial charge on any atom is -0.489 e. The van der Waals surface area contributed by atoms with Crippen LogP contribution in [0.2, 0.25) is 0 Å². The number of anilines is 2. The van der Waals surface area contributed by atoms with E-state index in [4.69, 9.17) is 9.47 Å². The van der Waals surface area contributed by atoms with Crippen LogP contribution < -0.4 is 15.0 Å². The summed E-state index contributed by atoms with van der Waals surface area (Å²) in [4.78, 5) is 26.5. The van der Waals surface area contributed by atoms with Gasteiger partial charge in [-0.25, -0.2) is 8.78 Å². The maximum Gasteiger partial charge on any atom is 0.418 e. The molecule has 4 rings (SSSR count). The molecule has 9 nitrogen and oxygen atoms in total. The van der Waals surface area contributed by atoms with Crippen molar-refractivity contribution in [1.29, 1.82) is 0 Å². The molecule has 14 heteroatoms. The number of nitrogens with zero attached hydrogens (tertiary/aromatic N) is 3. The quantitative estimate of drug-likeness (QED) is 0.314. The molecule has 226 valence electrons. The minimum absolute atomic E-state index is 0.00290. The molecule has 0 aliphatic carbocycles. The summed E-state index contributed by atoms with van der Waals surface area (Å²) >= 11 is 0. The summed E-state index contributed by atoms with van der Waals surface area (Å²) in [6.45, 7) is 4.60. The summed E-state index contributed by atoms with van der Waals surface area (Å²) in [7, 11) is 0. The second-order valence-corrected chi connectivity index (χ2v) is 9.89. The Kier molecular flexibility index (Phi) is 9.34. The number of benzene rings is 2. The van der Waals surface area contributed by atoms with E-state index < -0.39 is 47.4 Å². The standard InChI is InChI=1S/C28H29F5N4O5/c1-16(2)26-19(15-34-37(26)7-10-42-24-4-3-18(29)13-21(24)30)27(40)35-22-11-17(12-25(38)39)23(14-20(22)28(31,32)33)36-5-8-41-9-6-36/h3-4,11,13-16H,5-10,12H2,1-2H3,(H,35,40)(H,38,39). The Balaban J connectivity index is 1.62. The molecular weight excluding hydrogens is 567 g/mol. The smallest absolute Gasteiger partial charge is 0.418 e. The van der Waals surface area contributed by atoms with Gasteiger partial charge in [0.25, 0.3) is 5.91 Å². The number of rotatable bonds is 10. The van der Waals surface area contributed by atoms with Gasteiger partial charge < -0.3 is 24.8 Å². The summed E-state index contributed by atoms with van der Waals surface area (Å²) in [5, 5.41) is 15.9. The Morgan fingerprint density at radius 2 is 1.86 bits per heavy atom. The molecule has 0 unspecified atom stereocenters. The van der Waals surface area contributed by atoms with Crippen LogP contribution in [0.5, 0.6) is 5.75 Å². The van der Waals surface area contributed by atoms with Crippen molar-refractivity contribution in [2.24, 2.45) is 0 Å². The predicted octanol–water partition coefficient (Wildman–Crippen LogP) is 5.10. The van der Waals surface area contributed by atoms with Gasteiger partial charge in [0.05, 0.1) is 54.9 Å². The van der Waals surface area contributed by atoms with E-state index in [0.29, 0.717) is 11.8 Å². The van der Waals surface area contributed by atoms with Crippen LogP contribution in [0, 0.1) is 11.6 Å². The van der Waals surface area contributed by atoms with Gasteiger partial charge in [-0.2, -0.15) is 18.3 Å². The zero-order chi connectivity index (χ0) is 30.6. The summed E-state index contributed by atoms with van der Waals surface area (Å²) < 4.78 is 81.7. The van der Waals surface area contributed by atoms with Crippen molar-refractivity contribution in [2.75, 3.05) is 43.1 Å². The van der Waals surface area contributed by atoms with Gasteiger partial charge in [-0.1, -0.05) is 13.8 Å². The summed E-state index contributed by atoms with van der Waals surface area (Å²) in [5.41, 5.74) is -1.10. The maximum absolute atomic E-state index is 14.2. The van der Waals surface area contributed by atoms with Gasteiger partial charge in [0.15, 0.2) is 11.6 Å². The van der Waals surface area contributed by atoms with Gasteiger partial charge >= 0.3 is 12.1 Å². The fourth-order valence-electron chi connectivity index (χ4n) is 4.76. The molecule has 0 spiro atoms. The Morgan fingerprint density at radius 1 is 1.14 bits per heavy atom. The highest BCUT2D eigenvalue weighted by Crippen LogP contribution is 2.40. The Labute approximate surface area is 237 Å². The molecule has 1 aliphatic heterocycles. The molecule has 0 bridgehead atoms. The number of carboxylic acid groups (broad SMARTS) is 1. The van der Waals surface area contributed by atoms with Gasteiger partial charge in [0.1, 0.15) is 12.4 Å². The van der Waals surface area contributed by atoms with E-state index in [-0.39, 0.29) is 67.9 Å². The molecule has 2 N–H and O–H groups in total. The third-order valence-electron chi connectivity index (χ3n) is 6.59. The number of amides is 1. The van der Waals surface area contributed by atoms with E-state index in [2.05, 4.69) is 10.4 Å². The normalized spacial score (nSPS) is 13.9. The van der Waals surface area contributed by atoms with E-state index in [1.807, 2.05) is 0 Å². The number of carbonyl (C=O) groups excluding carboxylic acids is 1. The highest BCUT2D eigenvalue weighted by Gasteiger charge is 2.36. The van der Waals surface area contributed by atoms with Crippen molar-refractivity contribution in [1.82, 2.24) is 9.78 Å². The van der Waals surface area contributed by atoms with Crippen molar-refractivity contribution in [3.8, 4) is 5.75 Å². The first-order valence-corrected chi connectivity index (χ1v) is 13.1. The second kappa shape index (κ2) is 12.8. The first-order valence-electron chi connectivity index (χ1n) is 13.1. The zero-order valence-electron chi connectivity index (χ0n) is 22.8. The van der Waals surface area contributed by atoms with E-state index >= 15 is 0 Å². The molecule has 0 atom stereocenters. The largest absolute Gasteiger partial charge is 0.489 e. The molecule has 2 heterocycles. The number of morpholine rings is 1. The van der Waals surface area contributed by atoms with Crippen LogP contribution in [-0.4, -0.2) is 59.7 Å². The number of nitrogens with one attached hydrogen (secondary N) is 1. The van der Waals surface area contributed by atoms with Gasteiger partial charge in [0.2, 0.25) is 0 Å². The third kappa shape index (κ3) is 7.16.